The van der Waals surface area contributed by atoms with Gasteiger partial charge in [0, 0.05) is 0 Å². The van der Waals surface area contributed by atoms with Crippen molar-refractivity contribution in [1.82, 2.24) is 0 Å². The summed E-state index contributed by atoms with van der Waals surface area (Å²) in [6, 6.07) is 5.36. The zero-order chi connectivity index (χ0) is 18.3. The second-order valence-corrected chi connectivity index (χ2v) is 6.26. The van der Waals surface area contributed by atoms with E-state index in [0.29, 0.717) is 36.9 Å². The highest BCUT2D eigenvalue weighted by Crippen LogP contribution is 2.25. The maximum absolute atomic E-state index is 12.4. The fraction of sp³-hybridized carbons (Fsp3) is 0.667. The van der Waals surface area contributed by atoms with E-state index in [1.165, 1.54) is 25.7 Å². The minimum atomic E-state index is -0.332. The summed E-state index contributed by atoms with van der Waals surface area (Å²) in [4.78, 5) is 12.4. The molecule has 1 aromatic carbocycles. The predicted molar refractivity (Wildman–Crippen MR) is 102 cm³/mol. The van der Waals surface area contributed by atoms with Crippen LogP contribution in [0.5, 0.6) is 11.5 Å². The highest BCUT2D eigenvalue weighted by molar-refractivity contribution is 5.93. The monoisotopic (exact) mass is 350 g/mol. The van der Waals surface area contributed by atoms with Gasteiger partial charge in [0.2, 0.25) is 0 Å². The average molecular weight is 350 g/mol. The molecule has 25 heavy (non-hydrogen) atoms. The van der Waals surface area contributed by atoms with Gasteiger partial charge >= 0.3 is 5.97 Å². The summed E-state index contributed by atoms with van der Waals surface area (Å²) < 4.78 is 16.7. The summed E-state index contributed by atoms with van der Waals surface area (Å²) in [5.41, 5.74) is 0.452. The van der Waals surface area contributed by atoms with Crippen LogP contribution >= 0.6 is 0 Å². The van der Waals surface area contributed by atoms with Crippen LogP contribution in [0.2, 0.25) is 0 Å². The normalized spacial score (nSPS) is 10.5. The van der Waals surface area contributed by atoms with Crippen LogP contribution in [-0.2, 0) is 4.74 Å². The third-order valence-electron chi connectivity index (χ3n) is 3.84. The third-order valence-corrected chi connectivity index (χ3v) is 3.84. The average Bonchev–Trinajstić information content (AvgIpc) is 2.64. The molecule has 4 nitrogen and oxygen atoms in total. The Morgan fingerprint density at radius 3 is 2.20 bits per heavy atom. The van der Waals surface area contributed by atoms with Crippen molar-refractivity contribution in [2.45, 2.75) is 72.1 Å². The van der Waals surface area contributed by atoms with Gasteiger partial charge in [0.05, 0.1) is 19.8 Å². The van der Waals surface area contributed by atoms with Crippen LogP contribution in [-0.4, -0.2) is 25.8 Å². The molecular weight excluding hydrogens is 316 g/mol. The largest absolute Gasteiger partial charge is 0.494 e. The number of benzene rings is 1. The van der Waals surface area contributed by atoms with Crippen molar-refractivity contribution in [3.63, 3.8) is 0 Å². The summed E-state index contributed by atoms with van der Waals surface area (Å²) in [5, 5.41) is 0. The highest BCUT2D eigenvalue weighted by atomic mass is 16.5. The van der Waals surface area contributed by atoms with Gasteiger partial charge in [-0.1, -0.05) is 52.9 Å². The Balaban J connectivity index is 2.56. The lowest BCUT2D eigenvalue weighted by molar-refractivity contribution is 0.0492. The second kappa shape index (κ2) is 13.6. The van der Waals surface area contributed by atoms with Crippen LogP contribution in [0.4, 0.5) is 0 Å². The van der Waals surface area contributed by atoms with Crippen LogP contribution in [0.1, 0.15) is 82.5 Å². The summed E-state index contributed by atoms with van der Waals surface area (Å²) in [6.45, 7) is 7.95. The molecule has 0 saturated carbocycles. The van der Waals surface area contributed by atoms with Crippen molar-refractivity contribution in [3.8, 4) is 11.5 Å². The summed E-state index contributed by atoms with van der Waals surface area (Å²) in [7, 11) is 0. The number of hydrogen-bond donors (Lipinski definition) is 0. The topological polar surface area (TPSA) is 44.8 Å². The zero-order valence-corrected chi connectivity index (χ0v) is 16.1. The molecule has 0 spiro atoms. The van der Waals surface area contributed by atoms with Gasteiger partial charge in [-0.3, -0.25) is 0 Å². The van der Waals surface area contributed by atoms with Gasteiger partial charge in [-0.15, -0.1) is 0 Å². The van der Waals surface area contributed by atoms with Gasteiger partial charge in [0.1, 0.15) is 17.1 Å². The first kappa shape index (κ1) is 21.3. The Hall–Kier alpha value is -1.71. The fourth-order valence-corrected chi connectivity index (χ4v) is 2.44. The third kappa shape index (κ3) is 8.80. The second-order valence-electron chi connectivity index (χ2n) is 6.26. The van der Waals surface area contributed by atoms with Crippen molar-refractivity contribution in [2.24, 2.45) is 0 Å². The molecule has 0 unspecified atom stereocenters. The van der Waals surface area contributed by atoms with E-state index < -0.39 is 0 Å². The molecule has 0 atom stereocenters. The standard InChI is InChI=1S/C21H34O4/c1-4-7-8-9-10-11-16-25-21(22)19-17-18(23-14-5-2)12-13-20(19)24-15-6-3/h12-13,17H,4-11,14-16H2,1-3H3. The van der Waals surface area contributed by atoms with E-state index in [0.717, 1.165) is 25.7 Å². The fourth-order valence-electron chi connectivity index (χ4n) is 2.44. The summed E-state index contributed by atoms with van der Waals surface area (Å²) in [5.74, 6) is 0.914. The van der Waals surface area contributed by atoms with Gasteiger partial charge < -0.3 is 14.2 Å². The molecule has 0 aromatic heterocycles. The van der Waals surface area contributed by atoms with Crippen molar-refractivity contribution in [2.75, 3.05) is 19.8 Å². The first-order valence-electron chi connectivity index (χ1n) is 9.79. The van der Waals surface area contributed by atoms with Crippen molar-refractivity contribution >= 4 is 5.97 Å². The Kier molecular flexibility index (Phi) is 11.6. The Morgan fingerprint density at radius 1 is 0.800 bits per heavy atom. The lowest BCUT2D eigenvalue weighted by Crippen LogP contribution is -2.10. The first-order chi connectivity index (χ1) is 12.2. The molecule has 1 rings (SSSR count). The van der Waals surface area contributed by atoms with Crippen LogP contribution < -0.4 is 9.47 Å². The minimum Gasteiger partial charge on any atom is -0.494 e. The van der Waals surface area contributed by atoms with E-state index in [2.05, 4.69) is 13.8 Å². The first-order valence-corrected chi connectivity index (χ1v) is 9.79. The van der Waals surface area contributed by atoms with Gasteiger partial charge in [-0.2, -0.15) is 0 Å². The van der Waals surface area contributed by atoms with Crippen LogP contribution in [0, 0.1) is 0 Å². The van der Waals surface area contributed by atoms with Gasteiger partial charge in [-0.05, 0) is 37.5 Å². The number of unbranched alkanes of at least 4 members (excludes halogenated alkanes) is 5. The quantitative estimate of drug-likeness (QED) is 0.315. The minimum absolute atomic E-state index is 0.332. The molecule has 0 aliphatic rings. The molecule has 1 aromatic rings. The van der Waals surface area contributed by atoms with E-state index in [1.807, 2.05) is 13.0 Å². The van der Waals surface area contributed by atoms with E-state index in [-0.39, 0.29) is 5.97 Å². The number of ether oxygens (including phenoxy) is 3. The number of rotatable bonds is 14. The molecule has 0 heterocycles. The van der Waals surface area contributed by atoms with Crippen LogP contribution in [0.15, 0.2) is 18.2 Å². The van der Waals surface area contributed by atoms with Gasteiger partial charge in [0.15, 0.2) is 0 Å². The van der Waals surface area contributed by atoms with Crippen molar-refractivity contribution < 1.29 is 19.0 Å². The molecule has 0 fully saturated rings. The van der Waals surface area contributed by atoms with E-state index in [9.17, 15) is 4.79 Å². The number of esters is 1. The molecule has 0 amide bonds. The maximum Gasteiger partial charge on any atom is 0.342 e. The zero-order valence-electron chi connectivity index (χ0n) is 16.1. The number of carbonyl (C=O) groups is 1. The van der Waals surface area contributed by atoms with E-state index in [1.54, 1.807) is 12.1 Å². The lowest BCUT2D eigenvalue weighted by atomic mass is 10.1. The molecule has 0 N–H and O–H groups in total. The van der Waals surface area contributed by atoms with Crippen molar-refractivity contribution in [3.05, 3.63) is 23.8 Å². The molecule has 0 radical (unpaired) electrons. The van der Waals surface area contributed by atoms with Crippen LogP contribution in [0.3, 0.4) is 0 Å². The number of hydrogen-bond acceptors (Lipinski definition) is 4. The molecule has 0 bridgehead atoms. The molecule has 142 valence electrons. The Labute approximate surface area is 152 Å². The van der Waals surface area contributed by atoms with Gasteiger partial charge in [0.25, 0.3) is 0 Å². The molecule has 0 aliphatic carbocycles. The summed E-state index contributed by atoms with van der Waals surface area (Å²) in [6.07, 6.45) is 8.81. The van der Waals surface area contributed by atoms with Gasteiger partial charge in [-0.25, -0.2) is 4.79 Å². The van der Waals surface area contributed by atoms with E-state index >= 15 is 0 Å². The Morgan fingerprint density at radius 2 is 1.48 bits per heavy atom. The van der Waals surface area contributed by atoms with E-state index in [4.69, 9.17) is 14.2 Å². The molecule has 0 saturated heterocycles. The molecular formula is C21H34O4. The summed E-state index contributed by atoms with van der Waals surface area (Å²) >= 11 is 0. The number of carbonyl (C=O) groups excluding carboxylic acids is 1. The highest BCUT2D eigenvalue weighted by Gasteiger charge is 2.15. The molecule has 0 aliphatic heterocycles. The lowest BCUT2D eigenvalue weighted by Gasteiger charge is -2.13. The smallest absolute Gasteiger partial charge is 0.342 e. The SMILES string of the molecule is CCCCCCCCOC(=O)c1cc(OCCC)ccc1OCCC. The predicted octanol–water partition coefficient (Wildman–Crippen LogP) is 5.78. The maximum atomic E-state index is 12.4. The molecule has 4 heteroatoms. The van der Waals surface area contributed by atoms with Crippen molar-refractivity contribution in [1.29, 1.82) is 0 Å². The Bertz CT molecular complexity index is 485. The van der Waals surface area contributed by atoms with Crippen LogP contribution in [0.25, 0.3) is 0 Å².